The molecule has 2 rings (SSSR count). The number of hydrogen-bond donors (Lipinski definition) is 1. The van der Waals surface area contributed by atoms with Gasteiger partial charge in [0.25, 0.3) is 0 Å². The molecule has 20 heavy (non-hydrogen) atoms. The third-order valence-corrected chi connectivity index (χ3v) is 4.16. The molecule has 1 aliphatic heterocycles. The molecule has 0 aromatic heterocycles. The number of hydrogen-bond acceptors (Lipinski definition) is 4. The zero-order valence-corrected chi connectivity index (χ0v) is 12.6. The van der Waals surface area contributed by atoms with Crippen LogP contribution in [-0.4, -0.2) is 62.4 Å². The summed E-state index contributed by atoms with van der Waals surface area (Å²) in [5.74, 6) is 0.111. The molecule has 1 aliphatic carbocycles. The molecule has 116 valence electrons. The van der Waals surface area contributed by atoms with Crippen molar-refractivity contribution in [2.75, 3.05) is 39.5 Å². The van der Waals surface area contributed by atoms with E-state index in [1.807, 2.05) is 4.90 Å². The quantitative estimate of drug-likeness (QED) is 0.795. The average molecular weight is 284 g/mol. The summed E-state index contributed by atoms with van der Waals surface area (Å²) in [5, 5.41) is 3.56. The van der Waals surface area contributed by atoms with E-state index in [1.54, 1.807) is 0 Å². The highest BCUT2D eigenvalue weighted by Gasteiger charge is 2.23. The zero-order valence-electron chi connectivity index (χ0n) is 12.6. The Morgan fingerprint density at radius 3 is 2.60 bits per heavy atom. The Balaban J connectivity index is 1.59. The highest BCUT2D eigenvalue weighted by molar-refractivity contribution is 5.77. The number of nitrogens with one attached hydrogen (secondary N) is 1. The van der Waals surface area contributed by atoms with Gasteiger partial charge in [-0.1, -0.05) is 6.92 Å². The molecule has 1 saturated heterocycles. The lowest BCUT2D eigenvalue weighted by Gasteiger charge is -2.31. The summed E-state index contributed by atoms with van der Waals surface area (Å²) in [4.78, 5) is 13.8. The van der Waals surface area contributed by atoms with Crippen LogP contribution >= 0.6 is 0 Å². The number of rotatable bonds is 6. The minimum Gasteiger partial charge on any atom is -0.378 e. The number of nitrogens with zero attached hydrogens (tertiary/aromatic N) is 1. The summed E-state index contributed by atoms with van der Waals surface area (Å²) < 4.78 is 11.0. The van der Waals surface area contributed by atoms with E-state index in [1.165, 1.54) is 6.42 Å². The van der Waals surface area contributed by atoms with Crippen LogP contribution in [0.3, 0.4) is 0 Å². The normalized spacial score (nSPS) is 27.6. The Kier molecular flexibility index (Phi) is 6.76. The van der Waals surface area contributed by atoms with Crippen molar-refractivity contribution in [3.63, 3.8) is 0 Å². The van der Waals surface area contributed by atoms with Gasteiger partial charge < -0.3 is 19.7 Å². The minimum absolute atomic E-state index is 0.111. The van der Waals surface area contributed by atoms with Crippen molar-refractivity contribution in [1.82, 2.24) is 10.2 Å². The van der Waals surface area contributed by atoms with E-state index in [0.717, 1.165) is 32.2 Å². The van der Waals surface area contributed by atoms with Gasteiger partial charge in [0.05, 0.1) is 19.3 Å². The molecule has 1 heterocycles. The molecule has 5 nitrogen and oxygen atoms in total. The summed E-state index contributed by atoms with van der Waals surface area (Å²) in [6.45, 7) is 6.24. The van der Waals surface area contributed by atoms with Crippen molar-refractivity contribution in [3.05, 3.63) is 0 Å². The molecule has 0 bridgehead atoms. The Morgan fingerprint density at radius 1 is 1.25 bits per heavy atom. The fourth-order valence-corrected chi connectivity index (χ4v) is 2.88. The van der Waals surface area contributed by atoms with E-state index >= 15 is 0 Å². The second-order valence-electron chi connectivity index (χ2n) is 5.73. The molecule has 5 heteroatoms. The Labute approximate surface area is 122 Å². The van der Waals surface area contributed by atoms with Crippen LogP contribution in [0.25, 0.3) is 0 Å². The summed E-state index contributed by atoms with van der Waals surface area (Å²) in [5.41, 5.74) is 0. The van der Waals surface area contributed by atoms with E-state index in [2.05, 4.69) is 12.2 Å². The van der Waals surface area contributed by atoms with E-state index in [9.17, 15) is 4.79 Å². The van der Waals surface area contributed by atoms with Crippen molar-refractivity contribution in [2.45, 2.75) is 51.2 Å². The van der Waals surface area contributed by atoms with Gasteiger partial charge in [-0.15, -0.1) is 0 Å². The molecular weight excluding hydrogens is 256 g/mol. The van der Waals surface area contributed by atoms with Crippen molar-refractivity contribution in [2.24, 2.45) is 0 Å². The molecule has 0 aromatic rings. The summed E-state index contributed by atoms with van der Waals surface area (Å²) >= 11 is 0. The van der Waals surface area contributed by atoms with Gasteiger partial charge in [0.15, 0.2) is 0 Å². The lowest BCUT2D eigenvalue weighted by molar-refractivity contribution is -0.142. The van der Waals surface area contributed by atoms with Gasteiger partial charge in [0.1, 0.15) is 6.61 Å². The largest absolute Gasteiger partial charge is 0.378 e. The molecule has 0 atom stereocenters. The molecule has 1 saturated carbocycles. The van der Waals surface area contributed by atoms with Gasteiger partial charge in [-0.2, -0.15) is 0 Å². The molecule has 0 aromatic carbocycles. The van der Waals surface area contributed by atoms with Crippen LogP contribution in [-0.2, 0) is 14.3 Å². The molecule has 2 aliphatic rings. The van der Waals surface area contributed by atoms with Gasteiger partial charge in [0.2, 0.25) is 5.91 Å². The topological polar surface area (TPSA) is 50.8 Å². The standard InChI is InChI=1S/C15H28N2O3/c1-2-7-16-13-3-5-14(6-4-13)20-12-15(18)17-8-10-19-11-9-17/h13-14,16H,2-12H2,1H3. The first kappa shape index (κ1) is 15.7. The van der Waals surface area contributed by atoms with Crippen LogP contribution in [0.15, 0.2) is 0 Å². The maximum absolute atomic E-state index is 12.0. The first-order chi connectivity index (χ1) is 9.79. The average Bonchev–Trinajstić information content (AvgIpc) is 2.52. The van der Waals surface area contributed by atoms with Crippen LogP contribution in [0.4, 0.5) is 0 Å². The number of morpholine rings is 1. The minimum atomic E-state index is 0.111. The van der Waals surface area contributed by atoms with Gasteiger partial charge in [-0.05, 0) is 38.6 Å². The van der Waals surface area contributed by atoms with E-state index < -0.39 is 0 Å². The van der Waals surface area contributed by atoms with E-state index in [0.29, 0.717) is 32.3 Å². The van der Waals surface area contributed by atoms with Gasteiger partial charge in [-0.25, -0.2) is 0 Å². The van der Waals surface area contributed by atoms with Crippen LogP contribution in [0, 0.1) is 0 Å². The molecule has 2 fully saturated rings. The monoisotopic (exact) mass is 284 g/mol. The number of amides is 1. The lowest BCUT2D eigenvalue weighted by atomic mass is 9.93. The summed E-state index contributed by atoms with van der Waals surface area (Å²) in [7, 11) is 0. The van der Waals surface area contributed by atoms with E-state index in [4.69, 9.17) is 9.47 Å². The third-order valence-electron chi connectivity index (χ3n) is 4.16. The van der Waals surface area contributed by atoms with Crippen LogP contribution < -0.4 is 5.32 Å². The van der Waals surface area contributed by atoms with Crippen LogP contribution in [0.2, 0.25) is 0 Å². The Morgan fingerprint density at radius 2 is 1.95 bits per heavy atom. The fraction of sp³-hybridized carbons (Fsp3) is 0.933. The first-order valence-corrected chi connectivity index (χ1v) is 8.00. The Hall–Kier alpha value is -0.650. The number of carbonyl (C=O) groups excluding carboxylic acids is 1. The highest BCUT2D eigenvalue weighted by atomic mass is 16.5. The van der Waals surface area contributed by atoms with Crippen molar-refractivity contribution < 1.29 is 14.3 Å². The van der Waals surface area contributed by atoms with E-state index in [-0.39, 0.29) is 18.6 Å². The zero-order chi connectivity index (χ0) is 14.2. The van der Waals surface area contributed by atoms with Gasteiger partial charge >= 0.3 is 0 Å². The summed E-state index contributed by atoms with van der Waals surface area (Å²) in [6, 6.07) is 0.643. The predicted octanol–water partition coefficient (Wildman–Crippen LogP) is 1.17. The van der Waals surface area contributed by atoms with Crippen LogP contribution in [0.1, 0.15) is 39.0 Å². The molecule has 1 N–H and O–H groups in total. The predicted molar refractivity (Wildman–Crippen MR) is 77.7 cm³/mol. The molecule has 0 radical (unpaired) electrons. The van der Waals surface area contributed by atoms with Gasteiger partial charge in [0, 0.05) is 19.1 Å². The van der Waals surface area contributed by atoms with Crippen molar-refractivity contribution in [1.29, 1.82) is 0 Å². The lowest BCUT2D eigenvalue weighted by Crippen LogP contribution is -2.43. The summed E-state index contributed by atoms with van der Waals surface area (Å²) in [6.07, 6.45) is 5.91. The second-order valence-corrected chi connectivity index (χ2v) is 5.73. The fourth-order valence-electron chi connectivity index (χ4n) is 2.88. The van der Waals surface area contributed by atoms with Crippen molar-refractivity contribution >= 4 is 5.91 Å². The molecular formula is C15H28N2O3. The second kappa shape index (κ2) is 8.60. The Bertz CT molecular complexity index is 285. The van der Waals surface area contributed by atoms with Crippen LogP contribution in [0.5, 0.6) is 0 Å². The molecule has 0 unspecified atom stereocenters. The van der Waals surface area contributed by atoms with Crippen molar-refractivity contribution in [3.8, 4) is 0 Å². The molecule has 1 amide bonds. The highest BCUT2D eigenvalue weighted by Crippen LogP contribution is 2.21. The third kappa shape index (κ3) is 5.04. The number of carbonyl (C=O) groups is 1. The first-order valence-electron chi connectivity index (χ1n) is 8.00. The van der Waals surface area contributed by atoms with Gasteiger partial charge in [-0.3, -0.25) is 4.79 Å². The maximum atomic E-state index is 12.0. The smallest absolute Gasteiger partial charge is 0.248 e. The molecule has 0 spiro atoms. The number of ether oxygens (including phenoxy) is 2. The SMILES string of the molecule is CCCNC1CCC(OCC(=O)N2CCOCC2)CC1. The maximum Gasteiger partial charge on any atom is 0.248 e.